The number of benzene rings is 1. The fourth-order valence-electron chi connectivity index (χ4n) is 1.13. The first-order valence-electron chi connectivity index (χ1n) is 4.86. The van der Waals surface area contributed by atoms with Crippen molar-refractivity contribution in [3.63, 3.8) is 0 Å². The largest absolute Gasteiger partial charge is 0.461 e. The van der Waals surface area contributed by atoms with Crippen molar-refractivity contribution in [2.45, 2.75) is 13.3 Å². The number of carbonyl (C=O) groups excluding carboxylic acids is 2. The Labute approximate surface area is 94.4 Å². The summed E-state index contributed by atoms with van der Waals surface area (Å²) in [5.41, 5.74) is 0.988. The van der Waals surface area contributed by atoms with E-state index in [9.17, 15) is 9.59 Å². The van der Waals surface area contributed by atoms with Crippen molar-refractivity contribution in [1.82, 2.24) is 0 Å². The quantitative estimate of drug-likeness (QED) is 0.335. The maximum atomic E-state index is 11.4. The topological polar surface area (TPSA) is 43.4 Å². The van der Waals surface area contributed by atoms with Crippen LogP contribution in [0.4, 0.5) is 0 Å². The number of ether oxygens (including phenoxy) is 1. The molecule has 0 amide bonds. The molecule has 82 valence electrons. The summed E-state index contributed by atoms with van der Waals surface area (Å²) in [5.74, 6) is 1.92. The molecule has 0 N–H and O–H groups in total. The van der Waals surface area contributed by atoms with Crippen molar-refractivity contribution in [2.24, 2.45) is 0 Å². The standard InChI is InChI=1S/C13H12O3/c1-3-4-9-16-13(15)12-7-5-11(6-8-12)10(2)14/h1,5-8H,4,9H2,2H3. The number of esters is 1. The van der Waals surface area contributed by atoms with E-state index in [-0.39, 0.29) is 12.4 Å². The first-order valence-corrected chi connectivity index (χ1v) is 4.86. The third-order valence-electron chi connectivity index (χ3n) is 2.01. The average Bonchev–Trinajstić information content (AvgIpc) is 2.29. The molecule has 16 heavy (non-hydrogen) atoms. The van der Waals surface area contributed by atoms with E-state index in [1.165, 1.54) is 6.92 Å². The van der Waals surface area contributed by atoms with E-state index in [0.717, 1.165) is 0 Å². The van der Waals surface area contributed by atoms with Crippen LogP contribution in [0.3, 0.4) is 0 Å². The second-order valence-corrected chi connectivity index (χ2v) is 3.22. The highest BCUT2D eigenvalue weighted by Gasteiger charge is 2.07. The Morgan fingerprint density at radius 1 is 1.25 bits per heavy atom. The Morgan fingerprint density at radius 3 is 2.31 bits per heavy atom. The van der Waals surface area contributed by atoms with Crippen LogP contribution in [0.25, 0.3) is 0 Å². The minimum absolute atomic E-state index is 0.0350. The predicted molar refractivity (Wildman–Crippen MR) is 60.2 cm³/mol. The second kappa shape index (κ2) is 5.72. The molecular weight excluding hydrogens is 204 g/mol. The predicted octanol–water partition coefficient (Wildman–Crippen LogP) is 2.07. The molecule has 0 fully saturated rings. The minimum Gasteiger partial charge on any atom is -0.461 e. The summed E-state index contributed by atoms with van der Waals surface area (Å²) >= 11 is 0. The van der Waals surface area contributed by atoms with Gasteiger partial charge in [0.05, 0.1) is 5.56 Å². The highest BCUT2D eigenvalue weighted by atomic mass is 16.5. The van der Waals surface area contributed by atoms with Gasteiger partial charge < -0.3 is 4.74 Å². The van der Waals surface area contributed by atoms with Crippen LogP contribution in [-0.2, 0) is 4.74 Å². The molecule has 0 aromatic heterocycles. The van der Waals surface area contributed by atoms with Gasteiger partial charge in [-0.15, -0.1) is 12.3 Å². The van der Waals surface area contributed by atoms with Gasteiger partial charge in [0, 0.05) is 12.0 Å². The number of hydrogen-bond donors (Lipinski definition) is 0. The summed E-state index contributed by atoms with van der Waals surface area (Å²) in [4.78, 5) is 22.4. The van der Waals surface area contributed by atoms with Crippen molar-refractivity contribution in [1.29, 1.82) is 0 Å². The van der Waals surface area contributed by atoms with Crippen LogP contribution in [0.1, 0.15) is 34.1 Å². The summed E-state index contributed by atoms with van der Waals surface area (Å²) in [6, 6.07) is 6.32. The monoisotopic (exact) mass is 216 g/mol. The molecule has 0 heterocycles. The van der Waals surface area contributed by atoms with Gasteiger partial charge in [0.25, 0.3) is 0 Å². The van der Waals surface area contributed by atoms with Crippen molar-refractivity contribution < 1.29 is 14.3 Å². The van der Waals surface area contributed by atoms with Gasteiger partial charge in [0.15, 0.2) is 5.78 Å². The molecule has 1 rings (SSSR count). The summed E-state index contributed by atoms with van der Waals surface area (Å²) in [5, 5.41) is 0. The van der Waals surface area contributed by atoms with Gasteiger partial charge in [-0.05, 0) is 19.1 Å². The summed E-state index contributed by atoms with van der Waals surface area (Å²) in [7, 11) is 0. The first-order chi connectivity index (χ1) is 7.65. The lowest BCUT2D eigenvalue weighted by Gasteiger charge is -2.02. The van der Waals surface area contributed by atoms with Gasteiger partial charge in [-0.25, -0.2) is 4.79 Å². The molecule has 0 saturated heterocycles. The molecule has 0 atom stereocenters. The van der Waals surface area contributed by atoms with E-state index in [2.05, 4.69) is 5.92 Å². The highest BCUT2D eigenvalue weighted by molar-refractivity contribution is 5.96. The van der Waals surface area contributed by atoms with Gasteiger partial charge in [-0.1, -0.05) is 12.1 Å². The van der Waals surface area contributed by atoms with Gasteiger partial charge in [-0.2, -0.15) is 0 Å². The molecule has 0 aliphatic heterocycles. The van der Waals surface area contributed by atoms with E-state index < -0.39 is 5.97 Å². The Morgan fingerprint density at radius 2 is 1.81 bits per heavy atom. The molecule has 0 spiro atoms. The molecule has 0 unspecified atom stereocenters. The third-order valence-corrected chi connectivity index (χ3v) is 2.01. The number of Topliss-reactive ketones (excluding diaryl/α,β-unsaturated/α-hetero) is 1. The molecule has 0 bridgehead atoms. The lowest BCUT2D eigenvalue weighted by molar-refractivity contribution is 0.0513. The molecule has 0 aliphatic carbocycles. The maximum absolute atomic E-state index is 11.4. The lowest BCUT2D eigenvalue weighted by Crippen LogP contribution is -2.06. The second-order valence-electron chi connectivity index (χ2n) is 3.22. The molecule has 1 aromatic carbocycles. The number of ketones is 1. The van der Waals surface area contributed by atoms with Crippen molar-refractivity contribution in [3.8, 4) is 12.3 Å². The molecule has 0 saturated carbocycles. The summed E-state index contributed by atoms with van der Waals surface area (Å²) in [6.07, 6.45) is 5.43. The number of hydrogen-bond acceptors (Lipinski definition) is 3. The highest BCUT2D eigenvalue weighted by Crippen LogP contribution is 2.06. The zero-order chi connectivity index (χ0) is 12.0. The molecular formula is C13H12O3. The van der Waals surface area contributed by atoms with Gasteiger partial charge in [0.2, 0.25) is 0 Å². The van der Waals surface area contributed by atoms with Crippen molar-refractivity contribution in [3.05, 3.63) is 35.4 Å². The Kier molecular flexibility index (Phi) is 4.28. The zero-order valence-electron chi connectivity index (χ0n) is 9.03. The molecule has 0 radical (unpaired) electrons. The smallest absolute Gasteiger partial charge is 0.338 e. The van der Waals surface area contributed by atoms with Crippen LogP contribution < -0.4 is 0 Å². The number of rotatable bonds is 4. The van der Waals surface area contributed by atoms with E-state index in [4.69, 9.17) is 11.2 Å². The lowest BCUT2D eigenvalue weighted by atomic mass is 10.1. The van der Waals surface area contributed by atoms with Crippen molar-refractivity contribution in [2.75, 3.05) is 6.61 Å². The van der Waals surface area contributed by atoms with Gasteiger partial charge in [-0.3, -0.25) is 4.79 Å². The fourth-order valence-corrected chi connectivity index (χ4v) is 1.13. The normalized spacial score (nSPS) is 9.25. The van der Waals surface area contributed by atoms with Crippen LogP contribution in [0.15, 0.2) is 24.3 Å². The van der Waals surface area contributed by atoms with E-state index in [1.54, 1.807) is 24.3 Å². The van der Waals surface area contributed by atoms with E-state index in [1.807, 2.05) is 0 Å². The molecule has 3 heteroatoms. The van der Waals surface area contributed by atoms with Crippen LogP contribution in [0.2, 0.25) is 0 Å². The molecule has 1 aromatic rings. The van der Waals surface area contributed by atoms with Crippen molar-refractivity contribution >= 4 is 11.8 Å². The van der Waals surface area contributed by atoms with Crippen LogP contribution in [0, 0.1) is 12.3 Å². The van der Waals surface area contributed by atoms with Crippen LogP contribution >= 0.6 is 0 Å². The van der Waals surface area contributed by atoms with Crippen LogP contribution in [0.5, 0.6) is 0 Å². The van der Waals surface area contributed by atoms with Gasteiger partial charge in [0.1, 0.15) is 6.61 Å². The Balaban J connectivity index is 2.64. The zero-order valence-corrected chi connectivity index (χ0v) is 9.03. The van der Waals surface area contributed by atoms with E-state index >= 15 is 0 Å². The Hall–Kier alpha value is -2.08. The maximum Gasteiger partial charge on any atom is 0.338 e. The third kappa shape index (κ3) is 3.25. The number of terminal acetylenes is 1. The SMILES string of the molecule is C#CCCOC(=O)c1ccc(C(C)=O)cc1. The fraction of sp³-hybridized carbons (Fsp3) is 0.231. The molecule has 3 nitrogen and oxygen atoms in total. The number of carbonyl (C=O) groups is 2. The Bertz CT molecular complexity index is 423. The summed E-state index contributed by atoms with van der Waals surface area (Å²) in [6.45, 7) is 1.68. The first kappa shape index (κ1) is 12.0. The average molecular weight is 216 g/mol. The summed E-state index contributed by atoms with van der Waals surface area (Å²) < 4.78 is 4.90. The molecule has 0 aliphatic rings. The van der Waals surface area contributed by atoms with E-state index in [0.29, 0.717) is 17.5 Å². The van der Waals surface area contributed by atoms with Gasteiger partial charge >= 0.3 is 5.97 Å². The van der Waals surface area contributed by atoms with Crippen LogP contribution in [-0.4, -0.2) is 18.4 Å². The minimum atomic E-state index is -0.426.